The summed E-state index contributed by atoms with van der Waals surface area (Å²) in [4.78, 5) is 16.7. The number of ether oxygens (including phenoxy) is 3. The van der Waals surface area contributed by atoms with Gasteiger partial charge in [-0.25, -0.2) is 0 Å². The maximum Gasteiger partial charge on any atom is 0.265 e. The number of para-hydroxylation sites is 2. The Kier molecular flexibility index (Phi) is 4.55. The number of aryl methyl sites for hydroxylation is 1. The Bertz CT molecular complexity index is 761. The van der Waals surface area contributed by atoms with Gasteiger partial charge in [-0.05, 0) is 26.0 Å². The molecule has 0 saturated carbocycles. The number of rotatable bonds is 4. The Balaban J connectivity index is 1.65. The summed E-state index contributed by atoms with van der Waals surface area (Å²) in [5.41, 5.74) is 2.65. The lowest BCUT2D eigenvalue weighted by Gasteiger charge is -2.25. The van der Waals surface area contributed by atoms with Crippen molar-refractivity contribution in [3.8, 4) is 17.2 Å². The summed E-state index contributed by atoms with van der Waals surface area (Å²) < 4.78 is 16.6. The van der Waals surface area contributed by atoms with Crippen molar-refractivity contribution in [2.75, 3.05) is 13.7 Å². The molecule has 1 aromatic heterocycles. The highest BCUT2D eigenvalue weighted by Crippen LogP contribution is 2.31. The van der Waals surface area contributed by atoms with Crippen LogP contribution in [-0.4, -0.2) is 30.7 Å². The third kappa shape index (κ3) is 3.13. The second-order valence-corrected chi connectivity index (χ2v) is 5.63. The lowest BCUT2D eigenvalue weighted by atomic mass is 10.1. The Morgan fingerprint density at radius 1 is 1.33 bits per heavy atom. The van der Waals surface area contributed by atoms with Crippen molar-refractivity contribution in [3.05, 3.63) is 47.3 Å². The number of nitrogens with zero attached hydrogens (tertiary/aromatic N) is 1. The van der Waals surface area contributed by atoms with Crippen molar-refractivity contribution in [3.63, 3.8) is 0 Å². The SMILES string of the molecule is COc1c(C)cnc(CNC(=O)[C@@H]2COc3ccccc3O2)c1C. The Morgan fingerprint density at radius 2 is 2.08 bits per heavy atom. The van der Waals surface area contributed by atoms with Crippen LogP contribution in [0, 0.1) is 13.8 Å². The van der Waals surface area contributed by atoms with Crippen LogP contribution in [0.4, 0.5) is 0 Å². The number of pyridine rings is 1. The van der Waals surface area contributed by atoms with Crippen LogP contribution in [0.25, 0.3) is 0 Å². The number of carbonyl (C=O) groups excluding carboxylic acids is 1. The number of hydrogen-bond donors (Lipinski definition) is 1. The average molecular weight is 328 g/mol. The molecule has 1 atom stereocenters. The lowest BCUT2D eigenvalue weighted by Crippen LogP contribution is -2.43. The smallest absolute Gasteiger partial charge is 0.265 e. The predicted octanol–water partition coefficient (Wildman–Crippen LogP) is 2.16. The molecule has 0 fully saturated rings. The van der Waals surface area contributed by atoms with Crippen LogP contribution in [-0.2, 0) is 11.3 Å². The highest BCUT2D eigenvalue weighted by Gasteiger charge is 2.27. The minimum atomic E-state index is -0.674. The van der Waals surface area contributed by atoms with E-state index in [4.69, 9.17) is 14.2 Å². The standard InChI is InChI=1S/C18H20N2O4/c1-11-8-19-13(12(2)17(11)22-3)9-20-18(21)16-10-23-14-6-4-5-7-15(14)24-16/h4-8,16H,9-10H2,1-3H3,(H,20,21)/t16-/m0/s1. The van der Waals surface area contributed by atoms with Gasteiger partial charge in [-0.3, -0.25) is 9.78 Å². The van der Waals surface area contributed by atoms with E-state index in [0.29, 0.717) is 18.0 Å². The van der Waals surface area contributed by atoms with Crippen molar-refractivity contribution >= 4 is 5.91 Å². The van der Waals surface area contributed by atoms with Crippen LogP contribution in [0.15, 0.2) is 30.5 Å². The van der Waals surface area contributed by atoms with Gasteiger partial charge >= 0.3 is 0 Å². The fraction of sp³-hybridized carbons (Fsp3) is 0.333. The molecule has 1 amide bonds. The van der Waals surface area contributed by atoms with Gasteiger partial charge in [-0.15, -0.1) is 0 Å². The molecule has 0 radical (unpaired) electrons. The first-order valence-electron chi connectivity index (χ1n) is 7.75. The molecule has 2 aromatic rings. The number of methoxy groups -OCH3 is 1. The molecule has 0 aliphatic carbocycles. The Morgan fingerprint density at radius 3 is 2.83 bits per heavy atom. The quantitative estimate of drug-likeness (QED) is 0.931. The summed E-state index contributed by atoms with van der Waals surface area (Å²) in [7, 11) is 1.63. The number of amides is 1. The van der Waals surface area contributed by atoms with Gasteiger partial charge in [0.05, 0.1) is 19.3 Å². The second kappa shape index (κ2) is 6.78. The molecule has 1 aromatic carbocycles. The number of carbonyl (C=O) groups is 1. The van der Waals surface area contributed by atoms with Crippen molar-refractivity contribution in [1.82, 2.24) is 10.3 Å². The second-order valence-electron chi connectivity index (χ2n) is 5.63. The Labute approximate surface area is 140 Å². The first-order chi connectivity index (χ1) is 11.6. The molecule has 0 bridgehead atoms. The third-order valence-electron chi connectivity index (χ3n) is 3.98. The molecular weight excluding hydrogens is 308 g/mol. The van der Waals surface area contributed by atoms with Gasteiger partial charge in [-0.2, -0.15) is 0 Å². The number of benzene rings is 1. The first-order valence-corrected chi connectivity index (χ1v) is 7.75. The van der Waals surface area contributed by atoms with E-state index in [1.807, 2.05) is 32.0 Å². The largest absolute Gasteiger partial charge is 0.496 e. The van der Waals surface area contributed by atoms with E-state index >= 15 is 0 Å². The number of nitrogens with one attached hydrogen (secondary N) is 1. The van der Waals surface area contributed by atoms with E-state index in [0.717, 1.165) is 22.6 Å². The van der Waals surface area contributed by atoms with Gasteiger partial charge in [0, 0.05) is 17.3 Å². The van der Waals surface area contributed by atoms with Gasteiger partial charge in [-0.1, -0.05) is 12.1 Å². The molecule has 24 heavy (non-hydrogen) atoms. The molecular formula is C18H20N2O4. The van der Waals surface area contributed by atoms with E-state index in [1.54, 1.807) is 19.4 Å². The molecule has 2 heterocycles. The van der Waals surface area contributed by atoms with Crippen molar-refractivity contribution in [2.45, 2.75) is 26.5 Å². The zero-order valence-electron chi connectivity index (χ0n) is 14.0. The van der Waals surface area contributed by atoms with Crippen LogP contribution in [0.2, 0.25) is 0 Å². The van der Waals surface area contributed by atoms with Gasteiger partial charge < -0.3 is 19.5 Å². The van der Waals surface area contributed by atoms with Crippen LogP contribution in [0.5, 0.6) is 17.2 Å². The van der Waals surface area contributed by atoms with Crippen LogP contribution < -0.4 is 19.5 Å². The van der Waals surface area contributed by atoms with Crippen LogP contribution in [0.3, 0.4) is 0 Å². The molecule has 6 nitrogen and oxygen atoms in total. The summed E-state index contributed by atoms with van der Waals surface area (Å²) in [6.45, 7) is 4.36. The van der Waals surface area contributed by atoms with Crippen molar-refractivity contribution in [1.29, 1.82) is 0 Å². The summed E-state index contributed by atoms with van der Waals surface area (Å²) in [6.07, 6.45) is 1.07. The summed E-state index contributed by atoms with van der Waals surface area (Å²) >= 11 is 0. The van der Waals surface area contributed by atoms with Crippen LogP contribution >= 0.6 is 0 Å². The maximum atomic E-state index is 12.3. The average Bonchev–Trinajstić information content (AvgIpc) is 2.61. The highest BCUT2D eigenvalue weighted by atomic mass is 16.6. The van der Waals surface area contributed by atoms with E-state index < -0.39 is 6.10 Å². The number of aromatic nitrogens is 1. The molecule has 1 aliphatic rings. The topological polar surface area (TPSA) is 69.7 Å². The van der Waals surface area contributed by atoms with Crippen LogP contribution in [0.1, 0.15) is 16.8 Å². The molecule has 6 heteroatoms. The van der Waals surface area contributed by atoms with Gasteiger partial charge in [0.25, 0.3) is 5.91 Å². The normalized spacial score (nSPS) is 15.7. The minimum absolute atomic E-state index is 0.187. The monoisotopic (exact) mass is 328 g/mol. The summed E-state index contributed by atoms with van der Waals surface area (Å²) in [5.74, 6) is 1.79. The molecule has 0 saturated heterocycles. The zero-order chi connectivity index (χ0) is 17.1. The zero-order valence-corrected chi connectivity index (χ0v) is 14.0. The van der Waals surface area contributed by atoms with Crippen molar-refractivity contribution in [2.24, 2.45) is 0 Å². The fourth-order valence-corrected chi connectivity index (χ4v) is 2.68. The third-order valence-corrected chi connectivity index (χ3v) is 3.98. The van der Waals surface area contributed by atoms with Gasteiger partial charge in [0.1, 0.15) is 12.4 Å². The molecule has 3 rings (SSSR count). The predicted molar refractivity (Wildman–Crippen MR) is 88.5 cm³/mol. The molecule has 126 valence electrons. The summed E-state index contributed by atoms with van der Waals surface area (Å²) in [6, 6.07) is 7.30. The number of hydrogen-bond acceptors (Lipinski definition) is 5. The molecule has 0 unspecified atom stereocenters. The fourth-order valence-electron chi connectivity index (χ4n) is 2.68. The van der Waals surface area contributed by atoms with Gasteiger partial charge in [0.2, 0.25) is 6.10 Å². The number of fused-ring (bicyclic) bond motifs is 1. The van der Waals surface area contributed by atoms with E-state index in [2.05, 4.69) is 10.3 Å². The van der Waals surface area contributed by atoms with E-state index in [1.165, 1.54) is 0 Å². The Hall–Kier alpha value is -2.76. The first kappa shape index (κ1) is 16.1. The lowest BCUT2D eigenvalue weighted by molar-refractivity contribution is -0.130. The highest BCUT2D eigenvalue weighted by molar-refractivity contribution is 5.81. The van der Waals surface area contributed by atoms with Gasteiger partial charge in [0.15, 0.2) is 11.5 Å². The minimum Gasteiger partial charge on any atom is -0.496 e. The van der Waals surface area contributed by atoms with Crippen molar-refractivity contribution < 1.29 is 19.0 Å². The van der Waals surface area contributed by atoms with E-state index in [-0.39, 0.29) is 12.5 Å². The maximum absolute atomic E-state index is 12.3. The molecule has 1 N–H and O–H groups in total. The van der Waals surface area contributed by atoms with E-state index in [9.17, 15) is 4.79 Å². The summed E-state index contributed by atoms with van der Waals surface area (Å²) in [5, 5.41) is 2.85. The molecule has 1 aliphatic heterocycles. The molecule has 0 spiro atoms.